The Morgan fingerprint density at radius 3 is 2.83 bits per heavy atom. The average molecular weight is 249 g/mol. The van der Waals surface area contributed by atoms with Crippen LogP contribution in [0.15, 0.2) is 22.7 Å². The third-order valence-corrected chi connectivity index (χ3v) is 2.24. The molecule has 0 bridgehead atoms. The van der Waals surface area contributed by atoms with Gasteiger partial charge in [-0.25, -0.2) is 0 Å². The number of aromatic nitrogens is 2. The summed E-state index contributed by atoms with van der Waals surface area (Å²) in [5.74, 6) is 0.970. The summed E-state index contributed by atoms with van der Waals surface area (Å²) in [6.07, 6.45) is 0. The first-order valence-electron chi connectivity index (χ1n) is 5.23. The molecule has 94 valence electrons. The second-order valence-electron chi connectivity index (χ2n) is 3.75. The minimum atomic E-state index is -0.490. The van der Waals surface area contributed by atoms with Crippen LogP contribution in [0.5, 0.6) is 5.75 Å². The first-order valence-corrected chi connectivity index (χ1v) is 5.23. The van der Waals surface area contributed by atoms with E-state index >= 15 is 0 Å². The molecule has 1 heterocycles. The maximum absolute atomic E-state index is 10.8. The molecule has 0 saturated carbocycles. The Bertz CT molecular complexity index is 579. The first kappa shape index (κ1) is 12.0. The predicted octanol–water partition coefficient (Wildman–Crippen LogP) is 2.17. The number of rotatable bonds is 4. The van der Waals surface area contributed by atoms with Crippen LogP contribution < -0.4 is 4.74 Å². The molecule has 0 N–H and O–H groups in total. The molecule has 7 nitrogen and oxygen atoms in total. The lowest BCUT2D eigenvalue weighted by Crippen LogP contribution is -2.01. The summed E-state index contributed by atoms with van der Waals surface area (Å²) in [5, 5.41) is 14.5. The van der Waals surface area contributed by atoms with E-state index in [9.17, 15) is 10.1 Å². The average Bonchev–Trinajstić information content (AvgIpc) is 2.72. The van der Waals surface area contributed by atoms with Crippen molar-refractivity contribution in [2.45, 2.75) is 20.5 Å². The van der Waals surface area contributed by atoms with Crippen molar-refractivity contribution in [3.8, 4) is 5.75 Å². The Hall–Kier alpha value is -2.44. The number of ether oxygens (including phenoxy) is 1. The van der Waals surface area contributed by atoms with E-state index in [2.05, 4.69) is 10.1 Å². The van der Waals surface area contributed by atoms with Gasteiger partial charge in [0, 0.05) is 13.0 Å². The molecule has 0 unspecified atom stereocenters. The number of nitro benzene ring substituents is 1. The first-order chi connectivity index (χ1) is 8.56. The van der Waals surface area contributed by atoms with Gasteiger partial charge >= 0.3 is 5.69 Å². The molecular weight excluding hydrogens is 238 g/mol. The van der Waals surface area contributed by atoms with Crippen molar-refractivity contribution in [1.82, 2.24) is 10.1 Å². The van der Waals surface area contributed by atoms with Crippen molar-refractivity contribution < 1.29 is 14.2 Å². The monoisotopic (exact) mass is 249 g/mol. The molecule has 0 fully saturated rings. The molecule has 0 amide bonds. The Balaban J connectivity index is 2.17. The quantitative estimate of drug-likeness (QED) is 0.609. The van der Waals surface area contributed by atoms with Crippen LogP contribution in [0, 0.1) is 24.0 Å². The zero-order valence-corrected chi connectivity index (χ0v) is 9.91. The molecule has 0 spiro atoms. The Labute approximate surface area is 103 Å². The van der Waals surface area contributed by atoms with Crippen molar-refractivity contribution >= 4 is 5.69 Å². The summed E-state index contributed by atoms with van der Waals surface area (Å²) < 4.78 is 10.1. The molecule has 7 heteroatoms. The molecule has 0 aliphatic rings. The Morgan fingerprint density at radius 1 is 1.44 bits per heavy atom. The normalized spacial score (nSPS) is 10.3. The second-order valence-corrected chi connectivity index (χ2v) is 3.75. The van der Waals surface area contributed by atoms with E-state index in [0.717, 1.165) is 5.56 Å². The van der Waals surface area contributed by atoms with E-state index in [4.69, 9.17) is 9.26 Å². The highest BCUT2D eigenvalue weighted by Gasteiger charge is 2.15. The van der Waals surface area contributed by atoms with Crippen LogP contribution in [0.4, 0.5) is 5.69 Å². The maximum Gasteiger partial charge on any atom is 0.310 e. The molecule has 0 aliphatic heterocycles. The molecule has 1 aromatic heterocycles. The summed E-state index contributed by atoms with van der Waals surface area (Å²) in [4.78, 5) is 14.3. The van der Waals surface area contributed by atoms with Gasteiger partial charge in [0.2, 0.25) is 11.7 Å². The zero-order valence-electron chi connectivity index (χ0n) is 9.91. The second kappa shape index (κ2) is 4.82. The smallest absolute Gasteiger partial charge is 0.310 e. The minimum absolute atomic E-state index is 0.0294. The van der Waals surface area contributed by atoms with Gasteiger partial charge in [-0.15, -0.1) is 0 Å². The number of benzene rings is 1. The van der Waals surface area contributed by atoms with Crippen LogP contribution in [0.1, 0.15) is 17.3 Å². The number of aryl methyl sites for hydroxylation is 2. The van der Waals surface area contributed by atoms with Crippen LogP contribution in [0.3, 0.4) is 0 Å². The fourth-order valence-electron chi connectivity index (χ4n) is 1.43. The van der Waals surface area contributed by atoms with E-state index in [1.807, 2.05) is 6.92 Å². The van der Waals surface area contributed by atoms with Gasteiger partial charge in [0.25, 0.3) is 0 Å². The Morgan fingerprint density at radius 2 is 2.22 bits per heavy atom. The van der Waals surface area contributed by atoms with E-state index in [-0.39, 0.29) is 18.0 Å². The van der Waals surface area contributed by atoms with Gasteiger partial charge in [0.05, 0.1) is 4.92 Å². The summed E-state index contributed by atoms with van der Waals surface area (Å²) in [6.45, 7) is 3.52. The van der Waals surface area contributed by atoms with Gasteiger partial charge in [0.15, 0.2) is 12.4 Å². The molecule has 0 radical (unpaired) electrons. The predicted molar refractivity (Wildman–Crippen MR) is 61.2 cm³/mol. The van der Waals surface area contributed by atoms with Gasteiger partial charge in [0.1, 0.15) is 0 Å². The Kier molecular flexibility index (Phi) is 3.22. The van der Waals surface area contributed by atoms with Crippen LogP contribution in [0.25, 0.3) is 0 Å². The molecule has 2 aromatic rings. The van der Waals surface area contributed by atoms with Gasteiger partial charge in [-0.2, -0.15) is 4.98 Å². The minimum Gasteiger partial charge on any atom is -0.478 e. The standard InChI is InChI=1S/C11H11N3O4/c1-7-3-4-9(14(15)16)10(5-7)17-6-11-12-8(2)18-13-11/h3-5H,6H2,1-2H3. The highest BCUT2D eigenvalue weighted by atomic mass is 16.6. The van der Waals surface area contributed by atoms with Crippen molar-refractivity contribution in [3.63, 3.8) is 0 Å². The van der Waals surface area contributed by atoms with Crippen molar-refractivity contribution in [1.29, 1.82) is 0 Å². The highest BCUT2D eigenvalue weighted by Crippen LogP contribution is 2.28. The van der Waals surface area contributed by atoms with Crippen molar-refractivity contribution in [3.05, 3.63) is 45.6 Å². The van der Waals surface area contributed by atoms with E-state index < -0.39 is 4.92 Å². The molecule has 1 aromatic carbocycles. The molecule has 0 atom stereocenters. The molecule has 18 heavy (non-hydrogen) atoms. The number of hydrogen-bond donors (Lipinski definition) is 0. The topological polar surface area (TPSA) is 91.3 Å². The van der Waals surface area contributed by atoms with Crippen LogP contribution >= 0.6 is 0 Å². The number of hydrogen-bond acceptors (Lipinski definition) is 6. The van der Waals surface area contributed by atoms with Crippen LogP contribution in [-0.2, 0) is 6.61 Å². The maximum atomic E-state index is 10.8. The molecule has 0 saturated heterocycles. The third-order valence-electron chi connectivity index (χ3n) is 2.24. The fourth-order valence-corrected chi connectivity index (χ4v) is 1.43. The van der Waals surface area contributed by atoms with Crippen LogP contribution in [-0.4, -0.2) is 15.1 Å². The summed E-state index contributed by atoms with van der Waals surface area (Å²) in [7, 11) is 0. The summed E-state index contributed by atoms with van der Waals surface area (Å²) in [5.41, 5.74) is 0.792. The zero-order chi connectivity index (χ0) is 13.1. The van der Waals surface area contributed by atoms with Crippen molar-refractivity contribution in [2.75, 3.05) is 0 Å². The lowest BCUT2D eigenvalue weighted by molar-refractivity contribution is -0.386. The van der Waals surface area contributed by atoms with E-state index in [1.165, 1.54) is 6.07 Å². The summed E-state index contributed by atoms with van der Waals surface area (Å²) >= 11 is 0. The SMILES string of the molecule is Cc1ccc([N+](=O)[O-])c(OCc2noc(C)n2)c1. The lowest BCUT2D eigenvalue weighted by Gasteiger charge is -2.05. The van der Waals surface area contributed by atoms with Crippen molar-refractivity contribution in [2.24, 2.45) is 0 Å². The number of nitro groups is 1. The lowest BCUT2D eigenvalue weighted by atomic mass is 10.2. The van der Waals surface area contributed by atoms with E-state index in [1.54, 1.807) is 19.1 Å². The van der Waals surface area contributed by atoms with E-state index in [0.29, 0.717) is 11.7 Å². The largest absolute Gasteiger partial charge is 0.478 e. The molecule has 0 aliphatic carbocycles. The van der Waals surface area contributed by atoms with Gasteiger partial charge in [-0.3, -0.25) is 10.1 Å². The highest BCUT2D eigenvalue weighted by molar-refractivity contribution is 5.48. The van der Waals surface area contributed by atoms with Gasteiger partial charge < -0.3 is 9.26 Å². The third kappa shape index (κ3) is 2.62. The van der Waals surface area contributed by atoms with Gasteiger partial charge in [-0.1, -0.05) is 11.2 Å². The fraction of sp³-hybridized carbons (Fsp3) is 0.273. The van der Waals surface area contributed by atoms with Crippen LogP contribution in [0.2, 0.25) is 0 Å². The summed E-state index contributed by atoms with van der Waals surface area (Å²) in [6, 6.07) is 4.67. The number of nitrogens with zero attached hydrogens (tertiary/aromatic N) is 3. The molecular formula is C11H11N3O4. The molecule has 2 rings (SSSR count). The van der Waals surface area contributed by atoms with Gasteiger partial charge in [-0.05, 0) is 18.6 Å².